The van der Waals surface area contributed by atoms with Crippen LogP contribution < -0.4 is 5.32 Å². The number of rotatable bonds is 7. The van der Waals surface area contributed by atoms with Gasteiger partial charge in [0.05, 0.1) is 0 Å². The van der Waals surface area contributed by atoms with E-state index in [-0.39, 0.29) is 12.5 Å². The molecule has 1 N–H and O–H groups in total. The lowest BCUT2D eigenvalue weighted by Gasteiger charge is -2.03. The lowest BCUT2D eigenvalue weighted by Crippen LogP contribution is -2.28. The zero-order chi connectivity index (χ0) is 11.6. The molecular formula is C8H13N7O. The minimum absolute atomic E-state index is 0.103. The highest BCUT2D eigenvalue weighted by Gasteiger charge is 2.01. The second-order valence-electron chi connectivity index (χ2n) is 3.10. The van der Waals surface area contributed by atoms with Crippen LogP contribution >= 0.6 is 0 Å². The Labute approximate surface area is 92.3 Å². The van der Waals surface area contributed by atoms with Gasteiger partial charge in [0.2, 0.25) is 5.91 Å². The number of nitrogens with one attached hydrogen (secondary N) is 1. The van der Waals surface area contributed by atoms with Crippen molar-refractivity contribution in [3.8, 4) is 0 Å². The van der Waals surface area contributed by atoms with Gasteiger partial charge in [-0.05, 0) is 18.4 Å². The summed E-state index contributed by atoms with van der Waals surface area (Å²) in [7, 11) is 0. The van der Waals surface area contributed by atoms with Gasteiger partial charge in [0, 0.05) is 18.0 Å². The van der Waals surface area contributed by atoms with Crippen molar-refractivity contribution in [2.45, 2.75) is 19.4 Å². The Balaban J connectivity index is 2.04. The number of aromatic nitrogens is 3. The molecule has 0 saturated heterocycles. The molecular weight excluding hydrogens is 210 g/mol. The molecule has 0 unspecified atom stereocenters. The second-order valence-corrected chi connectivity index (χ2v) is 3.10. The first-order valence-corrected chi connectivity index (χ1v) is 4.93. The molecule has 1 amide bonds. The van der Waals surface area contributed by atoms with Crippen molar-refractivity contribution in [3.05, 3.63) is 23.1 Å². The van der Waals surface area contributed by atoms with Gasteiger partial charge in [0.1, 0.15) is 19.2 Å². The lowest BCUT2D eigenvalue weighted by atomic mass is 10.3. The molecule has 16 heavy (non-hydrogen) atoms. The molecule has 0 aromatic carbocycles. The molecule has 1 rings (SSSR count). The number of hydrogen-bond acceptors (Lipinski definition) is 4. The van der Waals surface area contributed by atoms with E-state index in [1.165, 1.54) is 17.3 Å². The van der Waals surface area contributed by atoms with Crippen molar-refractivity contribution in [1.82, 2.24) is 20.1 Å². The average molecular weight is 223 g/mol. The first-order chi connectivity index (χ1) is 7.83. The summed E-state index contributed by atoms with van der Waals surface area (Å²) in [4.78, 5) is 17.7. The van der Waals surface area contributed by atoms with Crippen LogP contribution in [0, 0.1) is 0 Å². The molecule has 1 heterocycles. The van der Waals surface area contributed by atoms with E-state index < -0.39 is 0 Å². The fourth-order valence-corrected chi connectivity index (χ4v) is 1.10. The van der Waals surface area contributed by atoms with E-state index >= 15 is 0 Å². The van der Waals surface area contributed by atoms with E-state index in [1.54, 1.807) is 0 Å². The van der Waals surface area contributed by atoms with Crippen LogP contribution in [0.15, 0.2) is 17.8 Å². The molecule has 8 nitrogen and oxygen atoms in total. The fourth-order valence-electron chi connectivity index (χ4n) is 1.10. The first kappa shape index (κ1) is 12.0. The number of carbonyl (C=O) groups excluding carboxylic acids is 1. The molecule has 0 aliphatic heterocycles. The van der Waals surface area contributed by atoms with E-state index in [2.05, 4.69) is 25.4 Å². The SMILES string of the molecule is [N-]=[N+]=NCCCCNC(=O)Cn1cncn1. The van der Waals surface area contributed by atoms with Crippen molar-refractivity contribution >= 4 is 5.91 Å². The van der Waals surface area contributed by atoms with Crippen LogP contribution in [0.2, 0.25) is 0 Å². The molecule has 0 radical (unpaired) electrons. The third kappa shape index (κ3) is 4.97. The van der Waals surface area contributed by atoms with E-state index in [1.807, 2.05) is 0 Å². The molecule has 0 atom stereocenters. The highest BCUT2D eigenvalue weighted by atomic mass is 16.2. The predicted octanol–water partition coefficient (Wildman–Crippen LogP) is 0.485. The van der Waals surface area contributed by atoms with Crippen LogP contribution in [-0.4, -0.2) is 33.8 Å². The Hall–Kier alpha value is -2.08. The van der Waals surface area contributed by atoms with Crippen LogP contribution in [0.25, 0.3) is 10.4 Å². The number of hydrogen-bond donors (Lipinski definition) is 1. The lowest BCUT2D eigenvalue weighted by molar-refractivity contribution is -0.121. The number of carbonyl (C=O) groups is 1. The summed E-state index contributed by atoms with van der Waals surface area (Å²) >= 11 is 0. The van der Waals surface area contributed by atoms with Gasteiger partial charge in [-0.2, -0.15) is 5.10 Å². The van der Waals surface area contributed by atoms with E-state index in [9.17, 15) is 4.79 Å². The van der Waals surface area contributed by atoms with Crippen LogP contribution in [0.4, 0.5) is 0 Å². The number of unbranched alkanes of at least 4 members (excludes halogenated alkanes) is 1. The van der Waals surface area contributed by atoms with Gasteiger partial charge in [-0.3, -0.25) is 4.79 Å². The van der Waals surface area contributed by atoms with Gasteiger partial charge in [-0.15, -0.1) is 0 Å². The van der Waals surface area contributed by atoms with E-state index in [0.29, 0.717) is 13.1 Å². The molecule has 0 bridgehead atoms. The monoisotopic (exact) mass is 223 g/mol. The van der Waals surface area contributed by atoms with Gasteiger partial charge in [-0.25, -0.2) is 9.67 Å². The molecule has 0 fully saturated rings. The summed E-state index contributed by atoms with van der Waals surface area (Å²) in [5.74, 6) is -0.103. The summed E-state index contributed by atoms with van der Waals surface area (Å²) in [6.07, 6.45) is 4.43. The summed E-state index contributed by atoms with van der Waals surface area (Å²) in [5, 5.41) is 9.94. The minimum atomic E-state index is -0.103. The smallest absolute Gasteiger partial charge is 0.241 e. The molecule has 0 saturated carbocycles. The number of nitrogens with zero attached hydrogens (tertiary/aromatic N) is 6. The van der Waals surface area contributed by atoms with Gasteiger partial charge >= 0.3 is 0 Å². The van der Waals surface area contributed by atoms with Gasteiger partial charge in [-0.1, -0.05) is 5.11 Å². The Morgan fingerprint density at radius 3 is 3.12 bits per heavy atom. The zero-order valence-corrected chi connectivity index (χ0v) is 8.78. The molecule has 8 heteroatoms. The second kappa shape index (κ2) is 7.24. The van der Waals surface area contributed by atoms with Gasteiger partial charge < -0.3 is 5.32 Å². The fraction of sp³-hybridized carbons (Fsp3) is 0.625. The maximum atomic E-state index is 11.3. The van der Waals surface area contributed by atoms with Crippen molar-refractivity contribution in [2.24, 2.45) is 5.11 Å². The van der Waals surface area contributed by atoms with Crippen molar-refractivity contribution in [1.29, 1.82) is 0 Å². The third-order valence-corrected chi connectivity index (χ3v) is 1.84. The van der Waals surface area contributed by atoms with Crippen molar-refractivity contribution < 1.29 is 4.79 Å². The standard InChI is InChI=1S/C8H13N7O/c9-14-12-4-2-1-3-11-8(16)5-15-7-10-6-13-15/h6-7H,1-5H2,(H,11,16). The Bertz CT molecular complexity index is 354. The Kier molecular flexibility index (Phi) is 5.43. The summed E-state index contributed by atoms with van der Waals surface area (Å²) in [6, 6.07) is 0. The number of azide groups is 1. The average Bonchev–Trinajstić information content (AvgIpc) is 2.76. The molecule has 1 aromatic heterocycles. The van der Waals surface area contributed by atoms with E-state index in [4.69, 9.17) is 5.53 Å². The van der Waals surface area contributed by atoms with Crippen LogP contribution in [-0.2, 0) is 11.3 Å². The maximum absolute atomic E-state index is 11.3. The highest BCUT2D eigenvalue weighted by molar-refractivity contribution is 5.75. The highest BCUT2D eigenvalue weighted by Crippen LogP contribution is 1.88. The van der Waals surface area contributed by atoms with Crippen LogP contribution in [0.3, 0.4) is 0 Å². The third-order valence-electron chi connectivity index (χ3n) is 1.84. The molecule has 1 aromatic rings. The molecule has 0 aliphatic carbocycles. The van der Waals surface area contributed by atoms with Gasteiger partial charge in [0.25, 0.3) is 0 Å². The summed E-state index contributed by atoms with van der Waals surface area (Å²) in [6.45, 7) is 1.22. The normalized spacial score (nSPS) is 9.50. The van der Waals surface area contributed by atoms with Gasteiger partial charge in [0.15, 0.2) is 0 Å². The quantitative estimate of drug-likeness (QED) is 0.314. The maximum Gasteiger partial charge on any atom is 0.241 e. The number of amides is 1. The molecule has 0 aliphatic rings. The largest absolute Gasteiger partial charge is 0.354 e. The van der Waals surface area contributed by atoms with Crippen molar-refractivity contribution in [2.75, 3.05) is 13.1 Å². The molecule has 86 valence electrons. The first-order valence-electron chi connectivity index (χ1n) is 4.93. The van der Waals surface area contributed by atoms with E-state index in [0.717, 1.165) is 12.8 Å². The summed E-state index contributed by atoms with van der Waals surface area (Å²) in [5.41, 5.74) is 8.03. The minimum Gasteiger partial charge on any atom is -0.354 e. The Morgan fingerprint density at radius 1 is 1.56 bits per heavy atom. The van der Waals surface area contributed by atoms with Crippen LogP contribution in [0.5, 0.6) is 0 Å². The summed E-state index contributed by atoms with van der Waals surface area (Å²) < 4.78 is 1.45. The van der Waals surface area contributed by atoms with Crippen LogP contribution in [0.1, 0.15) is 12.8 Å². The zero-order valence-electron chi connectivity index (χ0n) is 8.78. The molecule has 0 spiro atoms. The van der Waals surface area contributed by atoms with Crippen molar-refractivity contribution in [3.63, 3.8) is 0 Å². The predicted molar refractivity (Wildman–Crippen MR) is 56.3 cm³/mol. The topological polar surface area (TPSA) is 109 Å². The Morgan fingerprint density at radius 2 is 2.44 bits per heavy atom.